The van der Waals surface area contributed by atoms with Gasteiger partial charge in [-0.2, -0.15) is 13.2 Å². The molecule has 0 spiro atoms. The Morgan fingerprint density at radius 1 is 1.00 bits per heavy atom. The van der Waals surface area contributed by atoms with Crippen LogP contribution in [0.3, 0.4) is 0 Å². The van der Waals surface area contributed by atoms with E-state index in [9.17, 15) is 18.0 Å². The first-order valence-electron chi connectivity index (χ1n) is 5.84. The molecular weight excluding hydrogens is 269 g/mol. The molecule has 0 fully saturated rings. The van der Waals surface area contributed by atoms with Gasteiger partial charge >= 0.3 is 12.1 Å². The monoisotopic (exact) mass is 280 g/mol. The standard InChI is InChI=1S/C15H11F3O2/c16-15(17,18)13-8-11(7-12(9-13)14(19)20)6-10-4-2-1-3-5-10/h1-5,7-9H,6H2,(H,19,20). The maximum absolute atomic E-state index is 12.8. The Kier molecular flexibility index (Phi) is 3.79. The molecule has 0 amide bonds. The zero-order valence-electron chi connectivity index (χ0n) is 10.3. The van der Waals surface area contributed by atoms with Gasteiger partial charge < -0.3 is 5.11 Å². The van der Waals surface area contributed by atoms with E-state index >= 15 is 0 Å². The number of carboxylic acid groups (broad SMARTS) is 1. The molecule has 0 aromatic heterocycles. The average Bonchev–Trinajstić information content (AvgIpc) is 2.38. The van der Waals surface area contributed by atoms with Gasteiger partial charge in [0.25, 0.3) is 0 Å². The maximum atomic E-state index is 12.8. The van der Waals surface area contributed by atoms with Gasteiger partial charge in [0.2, 0.25) is 0 Å². The molecule has 1 N–H and O–H groups in total. The first-order valence-corrected chi connectivity index (χ1v) is 5.84. The molecule has 2 nitrogen and oxygen atoms in total. The van der Waals surface area contributed by atoms with Crippen LogP contribution in [0.2, 0.25) is 0 Å². The molecule has 0 saturated heterocycles. The Hall–Kier alpha value is -2.30. The highest BCUT2D eigenvalue weighted by Crippen LogP contribution is 2.31. The van der Waals surface area contributed by atoms with Crippen LogP contribution >= 0.6 is 0 Å². The van der Waals surface area contributed by atoms with Crippen molar-refractivity contribution in [3.63, 3.8) is 0 Å². The van der Waals surface area contributed by atoms with Crippen LogP contribution in [-0.2, 0) is 12.6 Å². The van der Waals surface area contributed by atoms with E-state index in [0.29, 0.717) is 11.6 Å². The molecule has 0 aliphatic carbocycles. The Morgan fingerprint density at radius 2 is 1.65 bits per heavy atom. The van der Waals surface area contributed by atoms with E-state index in [1.807, 2.05) is 0 Å². The summed E-state index contributed by atoms with van der Waals surface area (Å²) in [4.78, 5) is 10.9. The van der Waals surface area contributed by atoms with Crippen molar-refractivity contribution < 1.29 is 23.1 Å². The molecule has 2 aromatic rings. The normalized spacial score (nSPS) is 11.3. The summed E-state index contributed by atoms with van der Waals surface area (Å²) in [6.07, 6.45) is -4.30. The van der Waals surface area contributed by atoms with E-state index in [-0.39, 0.29) is 12.0 Å². The molecule has 104 valence electrons. The fraction of sp³-hybridized carbons (Fsp3) is 0.133. The molecule has 0 atom stereocenters. The third kappa shape index (κ3) is 3.38. The molecule has 0 bridgehead atoms. The Bertz CT molecular complexity index is 619. The minimum atomic E-state index is -4.56. The molecular formula is C15H11F3O2. The van der Waals surface area contributed by atoms with Gasteiger partial charge in [0.1, 0.15) is 0 Å². The number of alkyl halides is 3. The summed E-state index contributed by atoms with van der Waals surface area (Å²) < 4.78 is 38.3. The van der Waals surface area contributed by atoms with E-state index < -0.39 is 17.7 Å². The van der Waals surface area contributed by atoms with Gasteiger partial charge in [0.05, 0.1) is 11.1 Å². The second kappa shape index (κ2) is 5.36. The Labute approximate surface area is 113 Å². The van der Waals surface area contributed by atoms with Gasteiger partial charge in [-0.3, -0.25) is 0 Å². The van der Waals surface area contributed by atoms with Crippen molar-refractivity contribution in [2.45, 2.75) is 12.6 Å². The van der Waals surface area contributed by atoms with Gasteiger partial charge in [-0.15, -0.1) is 0 Å². The minimum absolute atomic E-state index is 0.255. The molecule has 0 radical (unpaired) electrons. The molecule has 0 unspecified atom stereocenters. The summed E-state index contributed by atoms with van der Waals surface area (Å²) in [5, 5.41) is 8.90. The highest BCUT2D eigenvalue weighted by molar-refractivity contribution is 5.88. The summed E-state index contributed by atoms with van der Waals surface area (Å²) in [5.41, 5.74) is -0.152. The van der Waals surface area contributed by atoms with Crippen LogP contribution in [0.25, 0.3) is 0 Å². The zero-order valence-corrected chi connectivity index (χ0v) is 10.3. The van der Waals surface area contributed by atoms with E-state index in [1.165, 1.54) is 6.07 Å². The third-order valence-corrected chi connectivity index (χ3v) is 2.82. The summed E-state index contributed by atoms with van der Waals surface area (Å²) in [6.45, 7) is 0. The average molecular weight is 280 g/mol. The molecule has 0 aliphatic rings. The topological polar surface area (TPSA) is 37.3 Å². The van der Waals surface area contributed by atoms with Crippen molar-refractivity contribution in [2.75, 3.05) is 0 Å². The van der Waals surface area contributed by atoms with E-state index in [0.717, 1.165) is 11.6 Å². The smallest absolute Gasteiger partial charge is 0.416 e. The van der Waals surface area contributed by atoms with Crippen molar-refractivity contribution in [2.24, 2.45) is 0 Å². The third-order valence-electron chi connectivity index (χ3n) is 2.82. The highest BCUT2D eigenvalue weighted by Gasteiger charge is 2.31. The molecule has 0 heterocycles. The zero-order chi connectivity index (χ0) is 14.8. The quantitative estimate of drug-likeness (QED) is 0.922. The molecule has 2 aromatic carbocycles. The van der Waals surface area contributed by atoms with Crippen molar-refractivity contribution in [1.29, 1.82) is 0 Å². The van der Waals surface area contributed by atoms with Gasteiger partial charge in [0, 0.05) is 0 Å². The lowest BCUT2D eigenvalue weighted by Gasteiger charge is -2.11. The number of hydrogen-bond donors (Lipinski definition) is 1. The largest absolute Gasteiger partial charge is 0.478 e. The lowest BCUT2D eigenvalue weighted by molar-refractivity contribution is -0.137. The Balaban J connectivity index is 2.42. The first-order chi connectivity index (χ1) is 9.36. The molecule has 0 saturated carbocycles. The number of halogens is 3. The van der Waals surface area contributed by atoms with Gasteiger partial charge in [-0.05, 0) is 35.7 Å². The summed E-state index contributed by atoms with van der Waals surface area (Å²) in [7, 11) is 0. The van der Waals surface area contributed by atoms with Gasteiger partial charge in [-0.1, -0.05) is 30.3 Å². The minimum Gasteiger partial charge on any atom is -0.478 e. The first kappa shape index (κ1) is 14.1. The second-order valence-electron chi connectivity index (χ2n) is 4.38. The summed E-state index contributed by atoms with van der Waals surface area (Å²) >= 11 is 0. The fourth-order valence-corrected chi connectivity index (χ4v) is 1.91. The van der Waals surface area contributed by atoms with Gasteiger partial charge in [-0.25, -0.2) is 4.79 Å². The number of aromatic carboxylic acids is 1. The molecule has 0 aliphatic heterocycles. The van der Waals surface area contributed by atoms with Crippen LogP contribution in [0, 0.1) is 0 Å². The van der Waals surface area contributed by atoms with E-state index in [1.54, 1.807) is 30.3 Å². The van der Waals surface area contributed by atoms with Crippen LogP contribution < -0.4 is 0 Å². The van der Waals surface area contributed by atoms with Crippen molar-refractivity contribution in [3.05, 3.63) is 70.8 Å². The Morgan fingerprint density at radius 3 is 2.20 bits per heavy atom. The molecule has 2 rings (SSSR count). The van der Waals surface area contributed by atoms with E-state index in [4.69, 9.17) is 5.11 Å². The summed E-state index contributed by atoms with van der Waals surface area (Å²) in [5.74, 6) is -1.37. The van der Waals surface area contributed by atoms with Crippen LogP contribution in [-0.4, -0.2) is 11.1 Å². The molecule has 5 heteroatoms. The van der Waals surface area contributed by atoms with Crippen LogP contribution in [0.1, 0.15) is 27.0 Å². The van der Waals surface area contributed by atoms with E-state index in [2.05, 4.69) is 0 Å². The second-order valence-corrected chi connectivity index (χ2v) is 4.38. The summed E-state index contributed by atoms with van der Waals surface area (Å²) in [6, 6.07) is 11.8. The highest BCUT2D eigenvalue weighted by atomic mass is 19.4. The fourth-order valence-electron chi connectivity index (χ4n) is 1.91. The van der Waals surface area contributed by atoms with Crippen molar-refractivity contribution in [1.82, 2.24) is 0 Å². The van der Waals surface area contributed by atoms with Crippen molar-refractivity contribution in [3.8, 4) is 0 Å². The predicted octanol–water partition coefficient (Wildman–Crippen LogP) is 3.99. The number of benzene rings is 2. The van der Waals surface area contributed by atoms with Gasteiger partial charge in [0.15, 0.2) is 0 Å². The number of carboxylic acids is 1. The lowest BCUT2D eigenvalue weighted by atomic mass is 9.99. The van der Waals surface area contributed by atoms with Crippen LogP contribution in [0.15, 0.2) is 48.5 Å². The number of hydrogen-bond acceptors (Lipinski definition) is 1. The van der Waals surface area contributed by atoms with Crippen molar-refractivity contribution >= 4 is 5.97 Å². The molecule has 20 heavy (non-hydrogen) atoms. The SMILES string of the molecule is O=C(O)c1cc(Cc2ccccc2)cc(C(F)(F)F)c1. The number of rotatable bonds is 3. The predicted molar refractivity (Wildman–Crippen MR) is 67.7 cm³/mol. The lowest BCUT2D eigenvalue weighted by Crippen LogP contribution is -2.09. The van der Waals surface area contributed by atoms with Crippen LogP contribution in [0.4, 0.5) is 13.2 Å². The van der Waals surface area contributed by atoms with Crippen LogP contribution in [0.5, 0.6) is 0 Å². The number of carbonyl (C=O) groups is 1. The maximum Gasteiger partial charge on any atom is 0.416 e.